The zero-order chi connectivity index (χ0) is 17.4. The summed E-state index contributed by atoms with van der Waals surface area (Å²) in [6, 6.07) is 12.5. The third kappa shape index (κ3) is 2.90. The van der Waals surface area contributed by atoms with Crippen LogP contribution in [0.4, 0.5) is 0 Å². The van der Waals surface area contributed by atoms with Crippen LogP contribution in [0.25, 0.3) is 34.1 Å². The summed E-state index contributed by atoms with van der Waals surface area (Å²) in [5, 5.41) is 8.72. The van der Waals surface area contributed by atoms with Gasteiger partial charge in [-0.3, -0.25) is 0 Å². The van der Waals surface area contributed by atoms with Crippen molar-refractivity contribution in [2.75, 3.05) is 7.11 Å². The molecule has 0 spiro atoms. The Hall–Kier alpha value is -2.70. The Morgan fingerprint density at radius 1 is 0.920 bits per heavy atom. The Morgan fingerprint density at radius 2 is 1.72 bits per heavy atom. The van der Waals surface area contributed by atoms with E-state index in [2.05, 4.69) is 20.2 Å². The van der Waals surface area contributed by atoms with Crippen LogP contribution in [0.1, 0.15) is 0 Å². The van der Waals surface area contributed by atoms with E-state index in [-0.39, 0.29) is 16.9 Å². The molecule has 0 aliphatic carbocycles. The molecule has 124 valence electrons. The number of ether oxygens (including phenoxy) is 1. The van der Waals surface area contributed by atoms with E-state index in [9.17, 15) is 0 Å². The van der Waals surface area contributed by atoms with Crippen LogP contribution in [-0.2, 0) is 0 Å². The van der Waals surface area contributed by atoms with E-state index in [1.165, 1.54) is 0 Å². The molecule has 0 unspecified atom stereocenters. The number of fused-ring (bicyclic) bond motifs is 1. The molecule has 0 atom stereocenters. The third-order valence-corrected chi connectivity index (χ3v) is 4.15. The van der Waals surface area contributed by atoms with Crippen molar-refractivity contribution in [2.24, 2.45) is 0 Å². The molecule has 0 aliphatic rings. The molecule has 4 rings (SSSR count). The van der Waals surface area contributed by atoms with Crippen molar-refractivity contribution >= 4 is 34.2 Å². The highest BCUT2D eigenvalue weighted by Crippen LogP contribution is 2.31. The fourth-order valence-corrected chi connectivity index (χ4v) is 2.77. The van der Waals surface area contributed by atoms with Gasteiger partial charge in [0.2, 0.25) is 5.89 Å². The molecule has 0 amide bonds. The van der Waals surface area contributed by atoms with Crippen LogP contribution in [0.3, 0.4) is 0 Å². The van der Waals surface area contributed by atoms with Gasteiger partial charge in [0, 0.05) is 6.07 Å². The lowest BCUT2D eigenvalue weighted by atomic mass is 10.2. The minimum Gasteiger partial charge on any atom is -0.497 e. The number of halogens is 2. The topological polar surface area (TPSA) is 73.9 Å². The Bertz CT molecular complexity index is 1080. The van der Waals surface area contributed by atoms with Crippen molar-refractivity contribution in [1.82, 2.24) is 20.2 Å². The number of hydrogen-bond acceptors (Lipinski definition) is 6. The summed E-state index contributed by atoms with van der Waals surface area (Å²) in [4.78, 5) is 8.80. The average molecular weight is 373 g/mol. The molecule has 8 heteroatoms. The molecule has 2 aromatic carbocycles. The number of methoxy groups -OCH3 is 1. The first-order valence-corrected chi connectivity index (χ1v) is 8.01. The molecular formula is C17H10Cl2N4O2. The summed E-state index contributed by atoms with van der Waals surface area (Å²) in [6.07, 6.45) is 0. The summed E-state index contributed by atoms with van der Waals surface area (Å²) < 4.78 is 10.9. The monoisotopic (exact) mass is 372 g/mol. The van der Waals surface area contributed by atoms with Gasteiger partial charge in [0.15, 0.2) is 10.8 Å². The van der Waals surface area contributed by atoms with E-state index in [1.807, 2.05) is 12.1 Å². The van der Waals surface area contributed by atoms with E-state index >= 15 is 0 Å². The molecule has 2 aromatic heterocycles. The van der Waals surface area contributed by atoms with Crippen LogP contribution in [-0.4, -0.2) is 27.3 Å². The standard InChI is InChI=1S/C17H10Cl2N4O2/c1-24-9-6-7-12-13(8-9)21-15(19)14(20-12)17-23-22-16(25-17)10-4-2-3-5-11(10)18/h2-8H,1H3. The summed E-state index contributed by atoms with van der Waals surface area (Å²) in [5.74, 6) is 1.13. The fourth-order valence-electron chi connectivity index (χ4n) is 2.34. The molecular weight excluding hydrogens is 363 g/mol. The van der Waals surface area contributed by atoms with Gasteiger partial charge in [0.25, 0.3) is 5.89 Å². The highest BCUT2D eigenvalue weighted by molar-refractivity contribution is 6.33. The maximum Gasteiger partial charge on any atom is 0.269 e. The molecule has 2 heterocycles. The Labute approximate surface area is 152 Å². The predicted molar refractivity (Wildman–Crippen MR) is 94.8 cm³/mol. The first kappa shape index (κ1) is 15.8. The largest absolute Gasteiger partial charge is 0.497 e. The average Bonchev–Trinajstić information content (AvgIpc) is 3.10. The van der Waals surface area contributed by atoms with E-state index in [1.54, 1.807) is 37.4 Å². The van der Waals surface area contributed by atoms with Crippen LogP contribution < -0.4 is 4.74 Å². The number of rotatable bonds is 3. The Balaban J connectivity index is 1.80. The van der Waals surface area contributed by atoms with Crippen LogP contribution in [0.15, 0.2) is 46.9 Å². The maximum absolute atomic E-state index is 6.25. The van der Waals surface area contributed by atoms with Crippen molar-refractivity contribution < 1.29 is 9.15 Å². The molecule has 25 heavy (non-hydrogen) atoms. The van der Waals surface area contributed by atoms with Crippen molar-refractivity contribution in [3.63, 3.8) is 0 Å². The molecule has 0 saturated carbocycles. The predicted octanol–water partition coefficient (Wildman–Crippen LogP) is 4.66. The van der Waals surface area contributed by atoms with E-state index in [0.717, 1.165) is 0 Å². The molecule has 0 aliphatic heterocycles. The van der Waals surface area contributed by atoms with Crippen LogP contribution in [0.2, 0.25) is 10.2 Å². The van der Waals surface area contributed by atoms with E-state index in [0.29, 0.717) is 33.1 Å². The molecule has 0 saturated heterocycles. The fraction of sp³-hybridized carbons (Fsp3) is 0.0588. The van der Waals surface area contributed by atoms with Gasteiger partial charge in [-0.05, 0) is 24.3 Å². The summed E-state index contributed by atoms with van der Waals surface area (Å²) in [6.45, 7) is 0. The minimum atomic E-state index is 0.162. The molecule has 6 nitrogen and oxygen atoms in total. The molecule has 0 bridgehead atoms. The SMILES string of the molecule is COc1ccc2nc(-c3nnc(-c4ccccc4Cl)o3)c(Cl)nc2c1. The van der Waals surface area contributed by atoms with Crippen molar-refractivity contribution in [2.45, 2.75) is 0 Å². The van der Waals surface area contributed by atoms with Gasteiger partial charge in [-0.15, -0.1) is 10.2 Å². The van der Waals surface area contributed by atoms with Crippen molar-refractivity contribution in [3.8, 4) is 28.8 Å². The summed E-state index contributed by atoms with van der Waals surface area (Å²) in [7, 11) is 1.58. The van der Waals surface area contributed by atoms with Gasteiger partial charge in [-0.2, -0.15) is 0 Å². The number of hydrogen-bond donors (Lipinski definition) is 0. The lowest BCUT2D eigenvalue weighted by Gasteiger charge is -2.04. The van der Waals surface area contributed by atoms with Gasteiger partial charge in [0.1, 0.15) is 5.75 Å². The lowest BCUT2D eigenvalue weighted by Crippen LogP contribution is -1.92. The third-order valence-electron chi connectivity index (χ3n) is 3.56. The first-order valence-electron chi connectivity index (χ1n) is 7.26. The maximum atomic E-state index is 6.25. The Kier molecular flexibility index (Phi) is 3.99. The minimum absolute atomic E-state index is 0.162. The van der Waals surface area contributed by atoms with E-state index < -0.39 is 0 Å². The highest BCUT2D eigenvalue weighted by atomic mass is 35.5. The number of nitrogens with zero attached hydrogens (tertiary/aromatic N) is 4. The quantitative estimate of drug-likeness (QED) is 0.520. The summed E-state index contributed by atoms with van der Waals surface area (Å²) in [5.41, 5.74) is 2.19. The normalized spacial score (nSPS) is 11.0. The molecule has 0 radical (unpaired) electrons. The zero-order valence-corrected chi connectivity index (χ0v) is 14.4. The number of benzene rings is 2. The van der Waals surface area contributed by atoms with Gasteiger partial charge in [-0.25, -0.2) is 9.97 Å². The smallest absolute Gasteiger partial charge is 0.269 e. The second-order valence-electron chi connectivity index (χ2n) is 5.11. The second kappa shape index (κ2) is 6.31. The van der Waals surface area contributed by atoms with Crippen molar-refractivity contribution in [3.05, 3.63) is 52.6 Å². The first-order chi connectivity index (χ1) is 12.2. The second-order valence-corrected chi connectivity index (χ2v) is 5.88. The molecule has 0 fully saturated rings. The van der Waals surface area contributed by atoms with Crippen molar-refractivity contribution in [1.29, 1.82) is 0 Å². The summed E-state index contributed by atoms with van der Waals surface area (Å²) >= 11 is 12.4. The molecule has 4 aromatic rings. The van der Waals surface area contributed by atoms with Gasteiger partial charge >= 0.3 is 0 Å². The van der Waals surface area contributed by atoms with Crippen LogP contribution >= 0.6 is 23.2 Å². The van der Waals surface area contributed by atoms with Crippen LogP contribution in [0, 0.1) is 0 Å². The molecule has 0 N–H and O–H groups in total. The van der Waals surface area contributed by atoms with Gasteiger partial charge in [0.05, 0.1) is 28.7 Å². The lowest BCUT2D eigenvalue weighted by molar-refractivity contribution is 0.415. The number of aromatic nitrogens is 4. The van der Waals surface area contributed by atoms with Crippen LogP contribution in [0.5, 0.6) is 5.75 Å². The van der Waals surface area contributed by atoms with Gasteiger partial charge in [-0.1, -0.05) is 35.3 Å². The highest BCUT2D eigenvalue weighted by Gasteiger charge is 2.18. The van der Waals surface area contributed by atoms with Gasteiger partial charge < -0.3 is 9.15 Å². The Morgan fingerprint density at radius 3 is 2.52 bits per heavy atom. The zero-order valence-electron chi connectivity index (χ0n) is 12.9. The van der Waals surface area contributed by atoms with E-state index in [4.69, 9.17) is 32.4 Å².